The molecular formula is C17H16N4O8S4. The van der Waals surface area contributed by atoms with Crippen LogP contribution in [-0.2, 0) is 39.3 Å². The Morgan fingerprint density at radius 3 is 1.15 bits per heavy atom. The van der Waals surface area contributed by atoms with E-state index in [1.807, 2.05) is 0 Å². The Morgan fingerprint density at radius 2 is 0.879 bits per heavy atom. The Bertz CT molecular complexity index is 1450. The molecule has 2 aromatic rings. The molecule has 0 aliphatic rings. The summed E-state index contributed by atoms with van der Waals surface area (Å²) in [6, 6.07) is 12.5. The first kappa shape index (κ1) is 26.3. The second kappa shape index (κ2) is 9.87. The summed E-state index contributed by atoms with van der Waals surface area (Å²) in [7, 11) is -19.2. The monoisotopic (exact) mass is 532 g/mol. The summed E-state index contributed by atoms with van der Waals surface area (Å²) in [5, 5.41) is 0. The largest absolute Gasteiger partial charge is 0.499 e. The van der Waals surface area contributed by atoms with Crippen LogP contribution in [0.1, 0.15) is 6.42 Å². The SMILES string of the molecule is [N-]=[N+]=C(S(=O)(=O)CCCS(=O)(=O)C(=[N+]=[N-])S(=O)(=O)c1ccccc1)S(=O)(=O)c1ccccc1. The van der Waals surface area contributed by atoms with Crippen LogP contribution >= 0.6 is 0 Å². The molecule has 2 rings (SSSR count). The molecule has 176 valence electrons. The number of benzene rings is 2. The van der Waals surface area contributed by atoms with Crippen molar-refractivity contribution in [2.45, 2.75) is 16.2 Å². The number of hydrogen-bond donors (Lipinski definition) is 0. The minimum Gasteiger partial charge on any atom is -0.359 e. The Hall–Kier alpha value is -3.00. The van der Waals surface area contributed by atoms with Crippen molar-refractivity contribution in [1.82, 2.24) is 0 Å². The predicted molar refractivity (Wildman–Crippen MR) is 117 cm³/mol. The molecule has 0 unspecified atom stereocenters. The van der Waals surface area contributed by atoms with Gasteiger partial charge in [0.25, 0.3) is 39.3 Å². The van der Waals surface area contributed by atoms with E-state index in [1.54, 1.807) is 0 Å². The summed E-state index contributed by atoms with van der Waals surface area (Å²) in [6.07, 6.45) is -0.794. The summed E-state index contributed by atoms with van der Waals surface area (Å²) in [6.45, 7) is 0. The minimum atomic E-state index is -4.82. The van der Waals surface area contributed by atoms with E-state index >= 15 is 0 Å². The van der Waals surface area contributed by atoms with Crippen LogP contribution in [0.25, 0.3) is 11.1 Å². The van der Waals surface area contributed by atoms with Crippen LogP contribution in [0.2, 0.25) is 0 Å². The fraction of sp³-hybridized carbons (Fsp3) is 0.176. The summed E-state index contributed by atoms with van der Waals surface area (Å²) in [5.74, 6) is -2.25. The van der Waals surface area contributed by atoms with Gasteiger partial charge in [-0.1, -0.05) is 36.4 Å². The van der Waals surface area contributed by atoms with E-state index in [9.17, 15) is 33.7 Å². The lowest BCUT2D eigenvalue weighted by molar-refractivity contribution is 0.00355. The van der Waals surface area contributed by atoms with E-state index in [4.69, 9.17) is 11.1 Å². The van der Waals surface area contributed by atoms with Crippen molar-refractivity contribution in [3.8, 4) is 0 Å². The van der Waals surface area contributed by atoms with Crippen molar-refractivity contribution < 1.29 is 43.3 Å². The van der Waals surface area contributed by atoms with Crippen LogP contribution in [-0.4, -0.2) is 63.5 Å². The smallest absolute Gasteiger partial charge is 0.359 e. The average molecular weight is 533 g/mol. The third-order valence-electron chi connectivity index (χ3n) is 4.09. The van der Waals surface area contributed by atoms with Gasteiger partial charge in [0.15, 0.2) is 0 Å². The molecule has 0 radical (unpaired) electrons. The topological polar surface area (TPSA) is 209 Å². The lowest BCUT2D eigenvalue weighted by atomic mass is 10.4. The van der Waals surface area contributed by atoms with Gasteiger partial charge in [0.1, 0.15) is 0 Å². The zero-order chi connectivity index (χ0) is 24.9. The molecule has 0 spiro atoms. The first-order chi connectivity index (χ1) is 15.3. The third kappa shape index (κ3) is 5.68. The van der Waals surface area contributed by atoms with Crippen molar-refractivity contribution in [2.75, 3.05) is 11.5 Å². The first-order valence-corrected chi connectivity index (χ1v) is 15.1. The summed E-state index contributed by atoms with van der Waals surface area (Å²) in [5.41, 5.74) is 18.1. The predicted octanol–water partition coefficient (Wildman–Crippen LogP) is 0.326. The third-order valence-corrected chi connectivity index (χ3v) is 12.7. The van der Waals surface area contributed by atoms with Crippen LogP contribution in [0.15, 0.2) is 70.5 Å². The quantitative estimate of drug-likeness (QED) is 0.218. The molecular weight excluding hydrogens is 516 g/mol. The molecule has 0 saturated carbocycles. The van der Waals surface area contributed by atoms with Gasteiger partial charge in [0.2, 0.25) is 0 Å². The first-order valence-electron chi connectivity index (χ1n) is 8.80. The lowest BCUT2D eigenvalue weighted by Gasteiger charge is -2.03. The number of hydrogen-bond acceptors (Lipinski definition) is 8. The van der Waals surface area contributed by atoms with Crippen LogP contribution in [0.3, 0.4) is 0 Å². The van der Waals surface area contributed by atoms with Crippen LogP contribution in [0, 0.1) is 0 Å². The van der Waals surface area contributed by atoms with Crippen molar-refractivity contribution in [1.29, 1.82) is 0 Å². The fourth-order valence-electron chi connectivity index (χ4n) is 2.58. The Labute approximate surface area is 190 Å². The van der Waals surface area contributed by atoms with Crippen molar-refractivity contribution in [2.24, 2.45) is 0 Å². The zero-order valence-corrected chi connectivity index (χ0v) is 19.8. The number of sulfone groups is 4. The molecule has 0 N–H and O–H groups in total. The van der Waals surface area contributed by atoms with E-state index in [0.29, 0.717) is 0 Å². The molecule has 0 aliphatic carbocycles. The highest BCUT2D eigenvalue weighted by Gasteiger charge is 2.45. The Balaban J connectivity index is 2.27. The lowest BCUT2D eigenvalue weighted by Crippen LogP contribution is -2.31. The number of rotatable bonds is 6. The molecule has 0 fully saturated rings. The normalized spacial score (nSPS) is 12.4. The van der Waals surface area contributed by atoms with Crippen LogP contribution < -0.4 is 0 Å². The highest BCUT2D eigenvalue weighted by atomic mass is 32.3. The Kier molecular flexibility index (Phi) is 7.85. The summed E-state index contributed by atoms with van der Waals surface area (Å²) in [4.78, 5) is 3.82. The zero-order valence-electron chi connectivity index (χ0n) is 16.6. The molecule has 0 saturated heterocycles. The molecule has 12 nitrogen and oxygen atoms in total. The molecule has 0 bridgehead atoms. The van der Waals surface area contributed by atoms with Gasteiger partial charge in [-0.25, -0.2) is 33.7 Å². The van der Waals surface area contributed by atoms with Gasteiger partial charge >= 0.3 is 8.75 Å². The van der Waals surface area contributed by atoms with Gasteiger partial charge in [0.05, 0.1) is 21.3 Å². The van der Waals surface area contributed by atoms with Gasteiger partial charge < -0.3 is 11.1 Å². The average Bonchev–Trinajstić information content (AvgIpc) is 2.74. The van der Waals surface area contributed by atoms with Crippen molar-refractivity contribution in [3.63, 3.8) is 0 Å². The van der Waals surface area contributed by atoms with E-state index < -0.39 is 75.8 Å². The highest BCUT2D eigenvalue weighted by Crippen LogP contribution is 2.17. The second-order valence-electron chi connectivity index (χ2n) is 6.36. The highest BCUT2D eigenvalue weighted by molar-refractivity contribution is 8.31. The van der Waals surface area contributed by atoms with Gasteiger partial charge in [-0.3, -0.25) is 0 Å². The van der Waals surface area contributed by atoms with E-state index in [1.165, 1.54) is 36.4 Å². The fourth-order valence-corrected chi connectivity index (χ4v) is 9.81. The molecule has 33 heavy (non-hydrogen) atoms. The minimum absolute atomic E-state index is 0.474. The maximum absolute atomic E-state index is 12.5. The van der Waals surface area contributed by atoms with Crippen LogP contribution in [0.4, 0.5) is 0 Å². The standard InChI is InChI=1S/C17H16N4O8S4/c18-20-16(32(26,27)14-8-3-1-4-9-14)30(22,23)12-7-13-31(24,25)17(21-19)33(28,29)15-10-5-2-6-11-15/h1-6,8-11H,7,12-13H2. The molecule has 0 heterocycles. The van der Waals surface area contributed by atoms with Crippen molar-refractivity contribution in [3.05, 3.63) is 71.7 Å². The van der Waals surface area contributed by atoms with Gasteiger partial charge in [0, 0.05) is 0 Å². The van der Waals surface area contributed by atoms with E-state index in [0.717, 1.165) is 24.3 Å². The molecule has 0 aliphatic heterocycles. The second-order valence-corrected chi connectivity index (χ2v) is 14.7. The molecule has 2 aromatic carbocycles. The summed E-state index contributed by atoms with van der Waals surface area (Å²) < 4.78 is 96.6. The van der Waals surface area contributed by atoms with Crippen LogP contribution in [0.5, 0.6) is 0 Å². The van der Waals surface area contributed by atoms with Gasteiger partial charge in [-0.05, 0) is 30.7 Å². The Morgan fingerprint density at radius 1 is 0.576 bits per heavy atom. The molecule has 0 aromatic heterocycles. The maximum Gasteiger partial charge on any atom is 0.499 e. The number of nitrogens with zero attached hydrogens (tertiary/aromatic N) is 4. The molecule has 16 heteroatoms. The maximum atomic E-state index is 12.5. The van der Waals surface area contributed by atoms with E-state index in [-0.39, 0.29) is 0 Å². The van der Waals surface area contributed by atoms with Gasteiger partial charge in [-0.2, -0.15) is 0 Å². The van der Waals surface area contributed by atoms with Gasteiger partial charge in [-0.15, -0.1) is 9.58 Å². The van der Waals surface area contributed by atoms with E-state index in [2.05, 4.69) is 9.58 Å². The molecule has 0 amide bonds. The van der Waals surface area contributed by atoms with Crippen molar-refractivity contribution >= 4 is 48.1 Å². The summed E-state index contributed by atoms with van der Waals surface area (Å²) >= 11 is 0. The molecule has 0 atom stereocenters.